The molecule has 3 heterocycles. The molecule has 2 atom stereocenters. The maximum atomic E-state index is 14.2. The first kappa shape index (κ1) is 17.9. The molecule has 1 saturated heterocycles. The maximum Gasteiger partial charge on any atom is 0.348 e. The first-order valence-electron chi connectivity index (χ1n) is 8.79. The number of anilines is 1. The van der Waals surface area contributed by atoms with E-state index >= 15 is 0 Å². The number of nitrogens with one attached hydrogen (secondary N) is 2. The topological polar surface area (TPSA) is 73.9 Å². The number of aromatic nitrogens is 3. The number of pyridine rings is 1. The van der Waals surface area contributed by atoms with Crippen molar-refractivity contribution in [2.45, 2.75) is 25.9 Å². The molecule has 2 N–H and O–H groups in total. The summed E-state index contributed by atoms with van der Waals surface area (Å²) in [6.45, 7) is 5.64. The second-order valence-electron chi connectivity index (χ2n) is 6.87. The van der Waals surface area contributed by atoms with Crippen LogP contribution in [0.1, 0.15) is 13.8 Å². The molecule has 6 nitrogen and oxygen atoms in total. The zero-order valence-corrected chi connectivity index (χ0v) is 15.7. The van der Waals surface area contributed by atoms with Crippen molar-refractivity contribution < 1.29 is 4.39 Å². The van der Waals surface area contributed by atoms with Crippen molar-refractivity contribution in [3.63, 3.8) is 0 Å². The number of fused-ring (bicyclic) bond motifs is 1. The van der Waals surface area contributed by atoms with Gasteiger partial charge in [-0.25, -0.2) is 14.2 Å². The number of benzene rings is 1. The highest BCUT2D eigenvalue weighted by molar-refractivity contribution is 6.33. The minimum absolute atomic E-state index is 0.156. The summed E-state index contributed by atoms with van der Waals surface area (Å²) in [7, 11) is 0. The fourth-order valence-corrected chi connectivity index (χ4v) is 3.67. The maximum absolute atomic E-state index is 14.2. The van der Waals surface area contributed by atoms with Gasteiger partial charge in [-0.2, -0.15) is 4.98 Å². The second kappa shape index (κ2) is 6.90. The van der Waals surface area contributed by atoms with Crippen LogP contribution in [0.25, 0.3) is 22.3 Å². The molecule has 4 rings (SSSR count). The molecule has 3 aromatic rings. The van der Waals surface area contributed by atoms with Gasteiger partial charge < -0.3 is 10.2 Å². The molecule has 2 aromatic heterocycles. The number of halogens is 2. The smallest absolute Gasteiger partial charge is 0.348 e. The molecular formula is C19H19ClFN5O. The highest BCUT2D eigenvalue weighted by Gasteiger charge is 2.26. The van der Waals surface area contributed by atoms with Gasteiger partial charge in [0, 0.05) is 30.7 Å². The predicted octanol–water partition coefficient (Wildman–Crippen LogP) is 2.96. The molecular weight excluding hydrogens is 369 g/mol. The van der Waals surface area contributed by atoms with E-state index in [0.29, 0.717) is 28.4 Å². The van der Waals surface area contributed by atoms with Crippen LogP contribution in [0.15, 0.2) is 35.1 Å². The fourth-order valence-electron chi connectivity index (χ4n) is 3.42. The van der Waals surface area contributed by atoms with Crippen LogP contribution in [0.5, 0.6) is 0 Å². The van der Waals surface area contributed by atoms with Crippen LogP contribution in [0.4, 0.5) is 10.2 Å². The Morgan fingerprint density at radius 2 is 2.04 bits per heavy atom. The SMILES string of the molecule is C[C@@H]1CN(c2nc(=O)[nH]c3nc(-c4ccccc4F)c(Cl)cc23)[C@@H](C)CN1. The minimum Gasteiger partial charge on any atom is -0.350 e. The summed E-state index contributed by atoms with van der Waals surface area (Å²) in [6, 6.07) is 8.39. The van der Waals surface area contributed by atoms with Gasteiger partial charge in [0.15, 0.2) is 0 Å². The molecule has 0 radical (unpaired) electrons. The molecule has 0 bridgehead atoms. The molecule has 0 aliphatic carbocycles. The third kappa shape index (κ3) is 3.28. The van der Waals surface area contributed by atoms with E-state index in [-0.39, 0.29) is 23.3 Å². The van der Waals surface area contributed by atoms with Crippen LogP contribution in [-0.4, -0.2) is 40.1 Å². The molecule has 1 fully saturated rings. The number of hydrogen-bond acceptors (Lipinski definition) is 5. The zero-order valence-electron chi connectivity index (χ0n) is 15.0. The lowest BCUT2D eigenvalue weighted by atomic mass is 10.1. The van der Waals surface area contributed by atoms with Gasteiger partial charge in [-0.05, 0) is 32.0 Å². The van der Waals surface area contributed by atoms with Crippen LogP contribution < -0.4 is 15.9 Å². The molecule has 0 saturated carbocycles. The van der Waals surface area contributed by atoms with Gasteiger partial charge in [0.2, 0.25) is 0 Å². The second-order valence-corrected chi connectivity index (χ2v) is 7.28. The molecule has 27 heavy (non-hydrogen) atoms. The minimum atomic E-state index is -0.495. The average Bonchev–Trinajstić information content (AvgIpc) is 2.64. The monoisotopic (exact) mass is 387 g/mol. The lowest BCUT2D eigenvalue weighted by molar-refractivity contribution is 0.423. The van der Waals surface area contributed by atoms with E-state index in [1.165, 1.54) is 6.07 Å². The fraction of sp³-hybridized carbons (Fsp3) is 0.316. The van der Waals surface area contributed by atoms with Gasteiger partial charge in [0.1, 0.15) is 17.3 Å². The van der Waals surface area contributed by atoms with Crippen LogP contribution in [0.3, 0.4) is 0 Å². The van der Waals surface area contributed by atoms with Crippen molar-refractivity contribution in [1.29, 1.82) is 0 Å². The quantitative estimate of drug-likeness (QED) is 0.707. The summed E-state index contributed by atoms with van der Waals surface area (Å²) >= 11 is 6.45. The lowest BCUT2D eigenvalue weighted by Gasteiger charge is -2.38. The Kier molecular flexibility index (Phi) is 4.57. The van der Waals surface area contributed by atoms with Crippen LogP contribution in [-0.2, 0) is 0 Å². The third-order valence-corrected chi connectivity index (χ3v) is 5.10. The van der Waals surface area contributed by atoms with E-state index < -0.39 is 11.5 Å². The molecule has 0 amide bonds. The summed E-state index contributed by atoms with van der Waals surface area (Å²) in [6.07, 6.45) is 0. The first-order valence-corrected chi connectivity index (χ1v) is 9.17. The van der Waals surface area contributed by atoms with Gasteiger partial charge in [-0.15, -0.1) is 0 Å². The Morgan fingerprint density at radius 1 is 1.26 bits per heavy atom. The number of rotatable bonds is 2. The summed E-state index contributed by atoms with van der Waals surface area (Å²) in [4.78, 5) is 25.6. The Morgan fingerprint density at radius 3 is 2.81 bits per heavy atom. The van der Waals surface area contributed by atoms with Crippen molar-refractivity contribution in [3.8, 4) is 11.3 Å². The average molecular weight is 388 g/mol. The number of hydrogen-bond donors (Lipinski definition) is 2. The third-order valence-electron chi connectivity index (χ3n) is 4.82. The van der Waals surface area contributed by atoms with E-state index in [1.807, 2.05) is 0 Å². The van der Waals surface area contributed by atoms with E-state index in [9.17, 15) is 9.18 Å². The molecule has 1 aliphatic heterocycles. The van der Waals surface area contributed by atoms with Gasteiger partial charge in [-0.3, -0.25) is 4.98 Å². The van der Waals surface area contributed by atoms with Crippen LogP contribution in [0.2, 0.25) is 5.02 Å². The van der Waals surface area contributed by atoms with Crippen molar-refractivity contribution in [1.82, 2.24) is 20.3 Å². The Labute approximate surface area is 160 Å². The molecule has 1 aromatic carbocycles. The number of H-pyrrole nitrogens is 1. The van der Waals surface area contributed by atoms with E-state index in [1.54, 1.807) is 24.3 Å². The Balaban J connectivity index is 1.92. The predicted molar refractivity (Wildman–Crippen MR) is 105 cm³/mol. The van der Waals surface area contributed by atoms with Crippen LogP contribution in [0, 0.1) is 5.82 Å². The largest absolute Gasteiger partial charge is 0.350 e. The van der Waals surface area contributed by atoms with E-state index in [0.717, 1.165) is 6.54 Å². The summed E-state index contributed by atoms with van der Waals surface area (Å²) in [5.41, 5.74) is 0.417. The summed E-state index contributed by atoms with van der Waals surface area (Å²) in [5.74, 6) is 0.122. The zero-order chi connectivity index (χ0) is 19.1. The van der Waals surface area contributed by atoms with Crippen molar-refractivity contribution >= 4 is 28.5 Å². The van der Waals surface area contributed by atoms with Gasteiger partial charge in [-0.1, -0.05) is 23.7 Å². The van der Waals surface area contributed by atoms with Crippen molar-refractivity contribution in [2.24, 2.45) is 0 Å². The van der Waals surface area contributed by atoms with Gasteiger partial charge in [0.25, 0.3) is 0 Å². The normalized spacial score (nSPS) is 20.2. The number of nitrogens with zero attached hydrogens (tertiary/aromatic N) is 3. The Hall–Kier alpha value is -2.51. The van der Waals surface area contributed by atoms with E-state index in [4.69, 9.17) is 11.6 Å². The van der Waals surface area contributed by atoms with Crippen molar-refractivity contribution in [2.75, 3.05) is 18.0 Å². The molecule has 0 spiro atoms. The standard InChI is InChI=1S/C19H19ClFN5O/c1-10-9-26(11(2)8-22-10)18-13-7-14(20)16(12-5-3-4-6-15(12)21)23-17(13)24-19(27)25-18/h3-7,10-11,22H,8-9H2,1-2H3,(H,23,24,25,27)/t10-,11+/m1/s1. The summed E-state index contributed by atoms with van der Waals surface area (Å²) in [5, 5.41) is 4.35. The molecule has 1 aliphatic rings. The lowest BCUT2D eigenvalue weighted by Crippen LogP contribution is -2.55. The molecule has 8 heteroatoms. The highest BCUT2D eigenvalue weighted by atomic mass is 35.5. The Bertz CT molecular complexity index is 1070. The summed E-state index contributed by atoms with van der Waals surface area (Å²) < 4.78 is 14.2. The van der Waals surface area contributed by atoms with Crippen LogP contribution >= 0.6 is 11.6 Å². The molecule has 140 valence electrons. The first-order chi connectivity index (χ1) is 12.9. The van der Waals surface area contributed by atoms with E-state index in [2.05, 4.69) is 39.0 Å². The highest BCUT2D eigenvalue weighted by Crippen LogP contribution is 2.33. The number of aromatic amines is 1. The molecule has 0 unspecified atom stereocenters. The van der Waals surface area contributed by atoms with Gasteiger partial charge in [0.05, 0.1) is 16.1 Å². The van der Waals surface area contributed by atoms with Crippen molar-refractivity contribution in [3.05, 3.63) is 51.7 Å². The van der Waals surface area contributed by atoms with Gasteiger partial charge >= 0.3 is 5.69 Å². The number of piperazine rings is 1.